The number of fused-ring (bicyclic) bond motifs is 3. The van der Waals surface area contributed by atoms with Gasteiger partial charge in [-0.25, -0.2) is 4.79 Å². The Hall–Kier alpha value is -3.17. The van der Waals surface area contributed by atoms with Crippen LogP contribution in [0.3, 0.4) is 0 Å². The Morgan fingerprint density at radius 2 is 1.68 bits per heavy atom. The van der Waals surface area contributed by atoms with Crippen molar-refractivity contribution in [1.29, 1.82) is 0 Å². The molecule has 0 bridgehead atoms. The highest BCUT2D eigenvalue weighted by atomic mass is 16.5. The number of carbonyl (C=O) groups excluding carboxylic acids is 1. The Labute approximate surface area is 148 Å². The molecule has 0 fully saturated rings. The first-order valence-corrected chi connectivity index (χ1v) is 8.13. The second-order valence-electron chi connectivity index (χ2n) is 6.47. The van der Waals surface area contributed by atoms with E-state index < -0.39 is 11.6 Å². The summed E-state index contributed by atoms with van der Waals surface area (Å²) < 4.78 is 5.49. The summed E-state index contributed by atoms with van der Waals surface area (Å²) in [6.45, 7) is 3.83. The van der Waals surface area contributed by atoms with Gasteiger partial charge in [0.25, 0.3) is 0 Å². The molecule has 3 rings (SSSR count). The lowest BCUT2D eigenvalue weighted by atomic mass is 9.98. The molecule has 124 valence electrons. The van der Waals surface area contributed by atoms with Gasteiger partial charge in [-0.1, -0.05) is 54.5 Å². The van der Waals surface area contributed by atoms with Crippen molar-refractivity contribution in [1.82, 2.24) is 5.32 Å². The normalized spacial score (nSPS) is 12.2. The maximum Gasteiger partial charge on any atom is 0.408 e. The zero-order valence-corrected chi connectivity index (χ0v) is 14.3. The Bertz CT molecular complexity index is 864. The summed E-state index contributed by atoms with van der Waals surface area (Å²) in [6, 6.07) is 16.5. The average molecular weight is 329 g/mol. The first-order chi connectivity index (χ1) is 12.0. The maximum absolute atomic E-state index is 12.1. The lowest BCUT2D eigenvalue weighted by molar-refractivity contribution is 0.137. The van der Waals surface area contributed by atoms with Crippen molar-refractivity contribution in [2.45, 2.75) is 25.3 Å². The van der Waals surface area contributed by atoms with Gasteiger partial charge in [0, 0.05) is 5.92 Å². The van der Waals surface area contributed by atoms with Crippen LogP contribution in [0.1, 0.15) is 30.9 Å². The molecule has 0 unspecified atom stereocenters. The topological polar surface area (TPSA) is 38.3 Å². The van der Waals surface area contributed by atoms with E-state index in [1.165, 1.54) is 22.3 Å². The van der Waals surface area contributed by atoms with Crippen LogP contribution in [0, 0.1) is 24.2 Å². The number of terminal acetylenes is 1. The van der Waals surface area contributed by atoms with Crippen molar-refractivity contribution in [3.05, 3.63) is 59.7 Å². The van der Waals surface area contributed by atoms with E-state index in [1.807, 2.05) is 24.3 Å². The van der Waals surface area contributed by atoms with Crippen LogP contribution < -0.4 is 5.32 Å². The molecule has 1 amide bonds. The molecule has 0 saturated heterocycles. The molecule has 0 heterocycles. The summed E-state index contributed by atoms with van der Waals surface area (Å²) in [7, 11) is 0. The van der Waals surface area contributed by atoms with E-state index in [0.29, 0.717) is 0 Å². The van der Waals surface area contributed by atoms with Crippen LogP contribution in [0.2, 0.25) is 0 Å². The largest absolute Gasteiger partial charge is 0.449 e. The average Bonchev–Trinajstić information content (AvgIpc) is 2.92. The number of nitrogens with one attached hydrogen (secondary N) is 1. The minimum absolute atomic E-state index is 0.0399. The van der Waals surface area contributed by atoms with Gasteiger partial charge in [-0.15, -0.1) is 6.42 Å². The van der Waals surface area contributed by atoms with Crippen LogP contribution in [-0.2, 0) is 4.74 Å². The SMILES string of the molecule is C#CC#CC(C)(C)NC(=O)OCC1c2ccccc2-c2ccccc21. The summed E-state index contributed by atoms with van der Waals surface area (Å²) in [5, 5.41) is 2.73. The van der Waals surface area contributed by atoms with Crippen molar-refractivity contribution in [2.75, 3.05) is 6.61 Å². The zero-order valence-electron chi connectivity index (χ0n) is 14.3. The lowest BCUT2D eigenvalue weighted by Crippen LogP contribution is -2.42. The highest BCUT2D eigenvalue weighted by Gasteiger charge is 2.29. The predicted molar refractivity (Wildman–Crippen MR) is 98.9 cm³/mol. The number of ether oxygens (including phenoxy) is 1. The van der Waals surface area contributed by atoms with Crippen LogP contribution in [0.5, 0.6) is 0 Å². The number of carbonyl (C=O) groups is 1. The van der Waals surface area contributed by atoms with E-state index in [1.54, 1.807) is 13.8 Å². The van der Waals surface area contributed by atoms with Gasteiger partial charge in [0.2, 0.25) is 0 Å². The first kappa shape index (κ1) is 16.7. The second kappa shape index (κ2) is 6.75. The zero-order chi connectivity index (χ0) is 17.9. The Kier molecular flexibility index (Phi) is 4.50. The molecule has 0 radical (unpaired) electrons. The number of rotatable bonds is 3. The fourth-order valence-electron chi connectivity index (χ4n) is 3.11. The molecule has 3 nitrogen and oxygen atoms in total. The summed E-state index contributed by atoms with van der Waals surface area (Å²) in [5.74, 6) is 7.61. The maximum atomic E-state index is 12.1. The van der Waals surface area contributed by atoms with Crippen molar-refractivity contribution < 1.29 is 9.53 Å². The monoisotopic (exact) mass is 329 g/mol. The summed E-state index contributed by atoms with van der Waals surface area (Å²) >= 11 is 0. The Morgan fingerprint density at radius 3 is 2.24 bits per heavy atom. The van der Waals surface area contributed by atoms with Gasteiger partial charge >= 0.3 is 6.09 Å². The summed E-state index contributed by atoms with van der Waals surface area (Å²) in [4.78, 5) is 12.1. The second-order valence-corrected chi connectivity index (χ2v) is 6.47. The van der Waals surface area contributed by atoms with Crippen molar-refractivity contribution >= 4 is 6.09 Å². The standard InChI is InChI=1S/C22H19NO2/c1-4-5-14-22(2,3)23-21(24)25-15-20-18-12-8-6-10-16(18)17-11-7-9-13-19(17)20/h1,6-13,20H,15H2,2-3H3,(H,23,24). The molecule has 1 aliphatic rings. The fraction of sp³-hybridized carbons (Fsp3) is 0.227. The van der Waals surface area contributed by atoms with E-state index >= 15 is 0 Å². The number of alkyl carbamates (subject to hydrolysis) is 1. The van der Waals surface area contributed by atoms with Crippen LogP contribution in [0.15, 0.2) is 48.5 Å². The molecule has 0 atom stereocenters. The summed E-state index contributed by atoms with van der Waals surface area (Å²) in [5.41, 5.74) is 4.03. The van der Waals surface area contributed by atoms with Gasteiger partial charge in [0.1, 0.15) is 6.61 Å². The molecular weight excluding hydrogens is 310 g/mol. The van der Waals surface area contributed by atoms with Gasteiger partial charge in [0.05, 0.1) is 5.54 Å². The molecule has 25 heavy (non-hydrogen) atoms. The number of hydrogen-bond donors (Lipinski definition) is 1. The molecule has 2 aromatic rings. The third-order valence-electron chi connectivity index (χ3n) is 4.21. The number of hydrogen-bond acceptors (Lipinski definition) is 2. The molecule has 2 aromatic carbocycles. The number of amides is 1. The minimum Gasteiger partial charge on any atom is -0.449 e. The van der Waals surface area contributed by atoms with Gasteiger partial charge in [-0.2, -0.15) is 0 Å². The van der Waals surface area contributed by atoms with Gasteiger partial charge < -0.3 is 10.1 Å². The molecule has 0 aromatic heterocycles. The molecular formula is C22H19NO2. The van der Waals surface area contributed by atoms with Crippen LogP contribution in [-0.4, -0.2) is 18.2 Å². The molecule has 3 heteroatoms. The van der Waals surface area contributed by atoms with Gasteiger partial charge in [-0.05, 0) is 47.9 Å². The van der Waals surface area contributed by atoms with E-state index in [2.05, 4.69) is 47.3 Å². The predicted octanol–water partition coefficient (Wildman–Crippen LogP) is 3.94. The molecule has 0 spiro atoms. The molecule has 1 aliphatic carbocycles. The first-order valence-electron chi connectivity index (χ1n) is 8.13. The van der Waals surface area contributed by atoms with Crippen LogP contribution in [0.25, 0.3) is 11.1 Å². The van der Waals surface area contributed by atoms with Gasteiger partial charge in [-0.3, -0.25) is 0 Å². The van der Waals surface area contributed by atoms with Gasteiger partial charge in [0.15, 0.2) is 0 Å². The Balaban J connectivity index is 1.74. The van der Waals surface area contributed by atoms with E-state index in [4.69, 9.17) is 11.2 Å². The minimum atomic E-state index is -0.741. The third kappa shape index (κ3) is 3.52. The summed E-state index contributed by atoms with van der Waals surface area (Å²) in [6.07, 6.45) is 4.63. The van der Waals surface area contributed by atoms with E-state index in [9.17, 15) is 4.79 Å². The Morgan fingerprint density at radius 1 is 1.12 bits per heavy atom. The van der Waals surface area contributed by atoms with Crippen LogP contribution in [0.4, 0.5) is 4.79 Å². The van der Waals surface area contributed by atoms with Crippen molar-refractivity contribution in [3.8, 4) is 35.3 Å². The fourth-order valence-corrected chi connectivity index (χ4v) is 3.11. The molecule has 0 saturated carbocycles. The molecule has 1 N–H and O–H groups in total. The third-order valence-corrected chi connectivity index (χ3v) is 4.21. The smallest absolute Gasteiger partial charge is 0.408 e. The highest BCUT2D eigenvalue weighted by molar-refractivity contribution is 5.79. The van der Waals surface area contributed by atoms with Crippen molar-refractivity contribution in [2.24, 2.45) is 0 Å². The highest BCUT2D eigenvalue weighted by Crippen LogP contribution is 2.44. The van der Waals surface area contributed by atoms with Crippen molar-refractivity contribution in [3.63, 3.8) is 0 Å². The lowest BCUT2D eigenvalue weighted by Gasteiger charge is -2.20. The molecule has 0 aliphatic heterocycles. The number of benzene rings is 2. The van der Waals surface area contributed by atoms with Crippen LogP contribution >= 0.6 is 0 Å². The quantitative estimate of drug-likeness (QED) is 0.866. The van der Waals surface area contributed by atoms with E-state index in [0.717, 1.165) is 0 Å². The van der Waals surface area contributed by atoms with E-state index in [-0.39, 0.29) is 12.5 Å².